The van der Waals surface area contributed by atoms with Gasteiger partial charge in [0.15, 0.2) is 6.61 Å². The fourth-order valence-corrected chi connectivity index (χ4v) is 4.95. The lowest BCUT2D eigenvalue weighted by Crippen LogP contribution is -2.29. The zero-order valence-electron chi connectivity index (χ0n) is 16.5. The van der Waals surface area contributed by atoms with E-state index in [1.165, 1.54) is 16.4 Å². The average Bonchev–Trinajstić information content (AvgIpc) is 3.18. The first kappa shape index (κ1) is 20.0. The highest BCUT2D eigenvalue weighted by Gasteiger charge is 2.30. The van der Waals surface area contributed by atoms with Gasteiger partial charge in [-0.1, -0.05) is 30.3 Å². The van der Waals surface area contributed by atoms with Crippen LogP contribution in [0.25, 0.3) is 0 Å². The van der Waals surface area contributed by atoms with Gasteiger partial charge in [-0.15, -0.1) is 0 Å². The van der Waals surface area contributed by atoms with Gasteiger partial charge in [0.2, 0.25) is 0 Å². The predicted octanol–water partition coefficient (Wildman–Crippen LogP) is 3.76. The Hall–Kier alpha value is -3.32. The number of rotatable bonds is 6. The number of amides is 1. The topological polar surface area (TPSA) is 75.7 Å². The molecule has 1 N–H and O–H groups in total. The minimum Gasteiger partial charge on any atom is -0.484 e. The van der Waals surface area contributed by atoms with Crippen molar-refractivity contribution in [2.45, 2.75) is 18.2 Å². The fourth-order valence-electron chi connectivity index (χ4n) is 3.45. The normalized spacial score (nSPS) is 13.0. The summed E-state index contributed by atoms with van der Waals surface area (Å²) in [5.74, 6) is 0.304. The molecule has 0 radical (unpaired) electrons. The lowest BCUT2D eigenvalue weighted by molar-refractivity contribution is -0.118. The number of para-hydroxylation sites is 1. The Morgan fingerprint density at radius 1 is 1.03 bits per heavy atom. The number of hydrogen-bond donors (Lipinski definition) is 1. The van der Waals surface area contributed by atoms with E-state index < -0.39 is 10.0 Å². The summed E-state index contributed by atoms with van der Waals surface area (Å²) in [5.41, 5.74) is 3.31. The Kier molecular flexibility index (Phi) is 5.46. The van der Waals surface area contributed by atoms with Crippen LogP contribution in [0.3, 0.4) is 0 Å². The minimum atomic E-state index is -3.65. The Morgan fingerprint density at radius 3 is 2.57 bits per heavy atom. The summed E-state index contributed by atoms with van der Waals surface area (Å²) in [5, 5.41) is 2.72. The van der Waals surface area contributed by atoms with Crippen LogP contribution in [0.5, 0.6) is 5.75 Å². The van der Waals surface area contributed by atoms with Crippen molar-refractivity contribution >= 4 is 27.3 Å². The summed E-state index contributed by atoms with van der Waals surface area (Å²) in [6, 6.07) is 21.1. The lowest BCUT2D eigenvalue weighted by atomic mass is 10.2. The second kappa shape index (κ2) is 8.20. The molecule has 1 aliphatic rings. The van der Waals surface area contributed by atoms with Crippen LogP contribution in [0.1, 0.15) is 11.1 Å². The largest absolute Gasteiger partial charge is 0.484 e. The van der Waals surface area contributed by atoms with Gasteiger partial charge in [0.25, 0.3) is 15.9 Å². The molecule has 0 saturated heterocycles. The Morgan fingerprint density at radius 2 is 1.80 bits per heavy atom. The number of nitrogens with zero attached hydrogens (tertiary/aromatic N) is 1. The SMILES string of the molecule is Cc1cccc(OCC(=O)Nc2ccc(S(=O)(=O)N3CCc4ccccc43)cc2)c1. The summed E-state index contributed by atoms with van der Waals surface area (Å²) in [7, 11) is -3.65. The average molecular weight is 423 g/mol. The Bertz CT molecular complexity index is 1170. The van der Waals surface area contributed by atoms with Crippen LogP contribution in [0, 0.1) is 6.92 Å². The first-order chi connectivity index (χ1) is 14.4. The highest BCUT2D eigenvalue weighted by molar-refractivity contribution is 7.92. The number of anilines is 2. The summed E-state index contributed by atoms with van der Waals surface area (Å²) >= 11 is 0. The van der Waals surface area contributed by atoms with E-state index in [4.69, 9.17) is 4.74 Å². The molecular weight excluding hydrogens is 400 g/mol. The van der Waals surface area contributed by atoms with E-state index >= 15 is 0 Å². The van der Waals surface area contributed by atoms with Crippen LogP contribution in [0.15, 0.2) is 77.7 Å². The minimum absolute atomic E-state index is 0.131. The molecule has 154 valence electrons. The van der Waals surface area contributed by atoms with Crippen molar-refractivity contribution in [1.29, 1.82) is 0 Å². The van der Waals surface area contributed by atoms with Gasteiger partial charge in [0.05, 0.1) is 10.6 Å². The second-order valence-corrected chi connectivity index (χ2v) is 9.00. The molecule has 0 aliphatic carbocycles. The highest BCUT2D eigenvalue weighted by atomic mass is 32.2. The molecule has 0 bridgehead atoms. The van der Waals surface area contributed by atoms with Crippen molar-refractivity contribution < 1.29 is 17.9 Å². The molecule has 0 spiro atoms. The third kappa shape index (κ3) is 4.16. The van der Waals surface area contributed by atoms with Crippen molar-refractivity contribution in [3.63, 3.8) is 0 Å². The van der Waals surface area contributed by atoms with Crippen molar-refractivity contribution in [2.24, 2.45) is 0 Å². The monoisotopic (exact) mass is 422 g/mol. The van der Waals surface area contributed by atoms with E-state index in [0.29, 0.717) is 24.4 Å². The standard InChI is InChI=1S/C23H22N2O4S/c1-17-5-4-7-20(15-17)29-16-23(26)24-19-9-11-21(12-10-19)30(27,28)25-14-13-18-6-2-3-8-22(18)25/h2-12,15H,13-14,16H2,1H3,(H,24,26). The number of fused-ring (bicyclic) bond motifs is 1. The molecule has 0 fully saturated rings. The molecular formula is C23H22N2O4S. The van der Waals surface area contributed by atoms with Crippen molar-refractivity contribution in [1.82, 2.24) is 0 Å². The molecule has 0 atom stereocenters. The van der Waals surface area contributed by atoms with E-state index in [1.807, 2.05) is 49.4 Å². The number of benzene rings is 3. The maximum atomic E-state index is 13.0. The predicted molar refractivity (Wildman–Crippen MR) is 116 cm³/mol. The number of carbonyl (C=O) groups is 1. The molecule has 0 aromatic heterocycles. The van der Waals surface area contributed by atoms with Crippen molar-refractivity contribution in [2.75, 3.05) is 22.8 Å². The second-order valence-electron chi connectivity index (χ2n) is 7.13. The molecule has 1 aliphatic heterocycles. The third-order valence-electron chi connectivity index (χ3n) is 4.93. The van der Waals surface area contributed by atoms with Gasteiger partial charge in [-0.25, -0.2) is 8.42 Å². The Labute approximate surface area is 176 Å². The molecule has 30 heavy (non-hydrogen) atoms. The molecule has 6 nitrogen and oxygen atoms in total. The molecule has 0 unspecified atom stereocenters. The number of sulfonamides is 1. The van der Waals surface area contributed by atoms with Crippen LogP contribution >= 0.6 is 0 Å². The van der Waals surface area contributed by atoms with E-state index in [1.54, 1.807) is 18.2 Å². The summed E-state index contributed by atoms with van der Waals surface area (Å²) in [6.07, 6.45) is 0.699. The smallest absolute Gasteiger partial charge is 0.264 e. The maximum absolute atomic E-state index is 13.0. The van der Waals surface area contributed by atoms with Gasteiger partial charge < -0.3 is 10.1 Å². The molecule has 1 amide bonds. The van der Waals surface area contributed by atoms with Crippen LogP contribution in [-0.4, -0.2) is 27.5 Å². The maximum Gasteiger partial charge on any atom is 0.264 e. The molecule has 3 aromatic rings. The van der Waals surface area contributed by atoms with Crippen LogP contribution in [-0.2, 0) is 21.2 Å². The summed E-state index contributed by atoms with van der Waals surface area (Å²) in [6.45, 7) is 2.24. The zero-order chi connectivity index (χ0) is 21.1. The highest BCUT2D eigenvalue weighted by Crippen LogP contribution is 2.32. The number of hydrogen-bond acceptors (Lipinski definition) is 4. The van der Waals surface area contributed by atoms with Gasteiger partial charge in [0.1, 0.15) is 5.75 Å². The van der Waals surface area contributed by atoms with Crippen LogP contribution in [0.4, 0.5) is 11.4 Å². The molecule has 4 rings (SSSR count). The first-order valence-corrected chi connectivity index (χ1v) is 11.1. The Balaban J connectivity index is 1.41. The van der Waals surface area contributed by atoms with Gasteiger partial charge in [0, 0.05) is 12.2 Å². The van der Waals surface area contributed by atoms with Crippen LogP contribution < -0.4 is 14.4 Å². The molecule has 3 aromatic carbocycles. The summed E-state index contributed by atoms with van der Waals surface area (Å²) in [4.78, 5) is 12.3. The van der Waals surface area contributed by atoms with Crippen LogP contribution in [0.2, 0.25) is 0 Å². The van der Waals surface area contributed by atoms with E-state index in [0.717, 1.165) is 16.8 Å². The van der Waals surface area contributed by atoms with Gasteiger partial charge >= 0.3 is 0 Å². The molecule has 1 heterocycles. The van der Waals surface area contributed by atoms with Gasteiger partial charge in [-0.2, -0.15) is 0 Å². The molecule has 7 heteroatoms. The quantitative estimate of drug-likeness (QED) is 0.656. The van der Waals surface area contributed by atoms with E-state index in [9.17, 15) is 13.2 Å². The number of nitrogens with one attached hydrogen (secondary N) is 1. The number of aryl methyl sites for hydroxylation is 1. The fraction of sp³-hybridized carbons (Fsp3) is 0.174. The van der Waals surface area contributed by atoms with E-state index in [-0.39, 0.29) is 17.4 Å². The third-order valence-corrected chi connectivity index (χ3v) is 6.76. The van der Waals surface area contributed by atoms with Crippen molar-refractivity contribution in [3.8, 4) is 5.75 Å². The lowest BCUT2D eigenvalue weighted by Gasteiger charge is -2.19. The van der Waals surface area contributed by atoms with Gasteiger partial charge in [-0.05, 0) is 66.9 Å². The van der Waals surface area contributed by atoms with E-state index in [2.05, 4.69) is 5.32 Å². The number of carbonyl (C=O) groups excluding carboxylic acids is 1. The zero-order valence-corrected chi connectivity index (χ0v) is 17.4. The van der Waals surface area contributed by atoms with Gasteiger partial charge in [-0.3, -0.25) is 9.10 Å². The van der Waals surface area contributed by atoms with Crippen molar-refractivity contribution in [3.05, 3.63) is 83.9 Å². The summed E-state index contributed by atoms with van der Waals surface area (Å²) < 4.78 is 33.0. The number of ether oxygens (including phenoxy) is 1. The first-order valence-electron chi connectivity index (χ1n) is 9.63. The molecule has 0 saturated carbocycles.